The number of aryl methyl sites for hydroxylation is 2. The van der Waals surface area contributed by atoms with Crippen LogP contribution in [0, 0.1) is 41.4 Å². The van der Waals surface area contributed by atoms with E-state index in [4.69, 9.17) is 0 Å². The smallest absolute Gasteiger partial charge is 0.0173 e. The first kappa shape index (κ1) is 26.7. The summed E-state index contributed by atoms with van der Waals surface area (Å²) >= 11 is 0. The first-order valence-electron chi connectivity index (χ1n) is 12.1. The van der Waals surface area contributed by atoms with E-state index in [-0.39, 0.29) is 5.41 Å². The zero-order chi connectivity index (χ0) is 23.1. The third kappa shape index (κ3) is 7.75. The summed E-state index contributed by atoms with van der Waals surface area (Å²) < 4.78 is 0. The van der Waals surface area contributed by atoms with Crippen molar-refractivity contribution in [2.75, 3.05) is 0 Å². The van der Waals surface area contributed by atoms with Crippen molar-refractivity contribution in [2.45, 2.75) is 93.9 Å². The van der Waals surface area contributed by atoms with Gasteiger partial charge in [-0.1, -0.05) is 96.9 Å². The monoisotopic (exact) mass is 410 g/mol. The van der Waals surface area contributed by atoms with Crippen LogP contribution in [0.15, 0.2) is 49.6 Å². The molecule has 0 nitrogen and oxygen atoms in total. The minimum Gasteiger partial charge on any atom is -0.106 e. The molecule has 4 unspecified atom stereocenters. The molecule has 1 aromatic carbocycles. The third-order valence-electron chi connectivity index (χ3n) is 7.90. The lowest BCUT2D eigenvalue weighted by Gasteiger charge is -2.35. The quantitative estimate of drug-likeness (QED) is 0.374. The maximum Gasteiger partial charge on any atom is -0.0173 e. The van der Waals surface area contributed by atoms with E-state index in [9.17, 15) is 0 Å². The second-order valence-electron chi connectivity index (χ2n) is 11.6. The first-order valence-corrected chi connectivity index (χ1v) is 12.1. The van der Waals surface area contributed by atoms with E-state index in [1.165, 1.54) is 55.2 Å². The molecule has 30 heavy (non-hydrogen) atoms. The lowest BCUT2D eigenvalue weighted by Crippen LogP contribution is -2.25. The Hall–Kier alpha value is -1.30. The average molecular weight is 411 g/mol. The van der Waals surface area contributed by atoms with Gasteiger partial charge in [0.1, 0.15) is 0 Å². The SMILES string of the molecule is C=C.C=C(C(C)C1CCC(CC(C)(C)C(C)CCc2cccc(C)c2)C1)C(C)(C)C. The maximum atomic E-state index is 4.46. The molecule has 0 heterocycles. The molecule has 0 spiro atoms. The van der Waals surface area contributed by atoms with Crippen molar-refractivity contribution < 1.29 is 0 Å². The average Bonchev–Trinajstić information content (AvgIpc) is 3.13. The van der Waals surface area contributed by atoms with Gasteiger partial charge in [0.2, 0.25) is 0 Å². The molecule has 0 amide bonds. The lowest BCUT2D eigenvalue weighted by atomic mass is 9.70. The van der Waals surface area contributed by atoms with E-state index in [0.717, 1.165) is 17.8 Å². The molecule has 1 aliphatic rings. The van der Waals surface area contributed by atoms with Gasteiger partial charge in [-0.05, 0) is 79.1 Å². The molecule has 0 aliphatic heterocycles. The van der Waals surface area contributed by atoms with Crippen LogP contribution in [0.3, 0.4) is 0 Å². The van der Waals surface area contributed by atoms with Crippen molar-refractivity contribution in [3.05, 3.63) is 60.7 Å². The van der Waals surface area contributed by atoms with Crippen LogP contribution in [-0.4, -0.2) is 0 Å². The predicted octanol–water partition coefficient (Wildman–Crippen LogP) is 9.44. The highest BCUT2D eigenvalue weighted by atomic mass is 14.4. The van der Waals surface area contributed by atoms with Gasteiger partial charge in [-0.3, -0.25) is 0 Å². The number of allylic oxidation sites excluding steroid dienone is 1. The van der Waals surface area contributed by atoms with Gasteiger partial charge in [0, 0.05) is 0 Å². The number of hydrogen-bond donors (Lipinski definition) is 0. The molecule has 2 rings (SSSR count). The molecular weight excluding hydrogens is 360 g/mol. The minimum atomic E-state index is 0.237. The number of benzene rings is 1. The largest absolute Gasteiger partial charge is 0.106 e. The zero-order valence-electron chi connectivity index (χ0n) is 21.5. The minimum absolute atomic E-state index is 0.237. The Kier molecular flexibility index (Phi) is 10.1. The molecule has 1 fully saturated rings. The Bertz CT molecular complexity index is 657. The molecular formula is C30H50. The van der Waals surface area contributed by atoms with Crippen LogP contribution >= 0.6 is 0 Å². The summed E-state index contributed by atoms with van der Waals surface area (Å²) in [6, 6.07) is 9.04. The highest BCUT2D eigenvalue weighted by molar-refractivity contribution is 5.22. The van der Waals surface area contributed by atoms with Crippen molar-refractivity contribution in [3.63, 3.8) is 0 Å². The number of rotatable bonds is 8. The van der Waals surface area contributed by atoms with Gasteiger partial charge in [-0.25, -0.2) is 0 Å². The fourth-order valence-corrected chi connectivity index (χ4v) is 5.31. The van der Waals surface area contributed by atoms with E-state index >= 15 is 0 Å². The summed E-state index contributed by atoms with van der Waals surface area (Å²) in [6.45, 7) is 29.5. The zero-order valence-corrected chi connectivity index (χ0v) is 21.5. The highest BCUT2D eigenvalue weighted by Gasteiger charge is 2.36. The predicted molar refractivity (Wildman–Crippen MR) is 137 cm³/mol. The second kappa shape index (κ2) is 11.4. The molecule has 1 saturated carbocycles. The van der Waals surface area contributed by atoms with Crippen LogP contribution in [0.25, 0.3) is 0 Å². The van der Waals surface area contributed by atoms with E-state index < -0.39 is 0 Å². The molecule has 1 aliphatic carbocycles. The van der Waals surface area contributed by atoms with Gasteiger partial charge in [0.05, 0.1) is 0 Å². The third-order valence-corrected chi connectivity index (χ3v) is 7.90. The molecule has 0 radical (unpaired) electrons. The van der Waals surface area contributed by atoms with Gasteiger partial charge in [-0.15, -0.1) is 13.2 Å². The van der Waals surface area contributed by atoms with Gasteiger partial charge >= 0.3 is 0 Å². The summed E-state index contributed by atoms with van der Waals surface area (Å²) in [4.78, 5) is 0. The summed E-state index contributed by atoms with van der Waals surface area (Å²) in [6.07, 6.45) is 8.11. The Morgan fingerprint density at radius 3 is 2.27 bits per heavy atom. The Balaban J connectivity index is 0.00000218. The van der Waals surface area contributed by atoms with E-state index in [2.05, 4.69) is 99.4 Å². The Labute approximate surface area is 189 Å². The van der Waals surface area contributed by atoms with Crippen LogP contribution in [0.4, 0.5) is 0 Å². The topological polar surface area (TPSA) is 0 Å². The van der Waals surface area contributed by atoms with Gasteiger partial charge in [0.25, 0.3) is 0 Å². The fraction of sp³-hybridized carbons (Fsp3) is 0.667. The fourth-order valence-electron chi connectivity index (χ4n) is 5.31. The molecule has 0 N–H and O–H groups in total. The molecule has 0 aromatic heterocycles. The Morgan fingerprint density at radius 2 is 1.70 bits per heavy atom. The standard InChI is InChI=1S/C28H46.C2H4/c1-20-11-10-12-24(17-20)14-13-21(2)28(8,9)19-25-15-16-26(18-25)22(3)23(4)27(5,6)7;1-2/h10-12,17,21-22,25-26H,4,13-16,18-19H2,1-3,5-9H3;1-2H2. The lowest BCUT2D eigenvalue weighted by molar-refractivity contribution is 0.163. The van der Waals surface area contributed by atoms with Crippen LogP contribution in [0.2, 0.25) is 0 Å². The molecule has 170 valence electrons. The molecule has 0 heteroatoms. The van der Waals surface area contributed by atoms with Crippen molar-refractivity contribution in [1.29, 1.82) is 0 Å². The van der Waals surface area contributed by atoms with E-state index in [0.29, 0.717) is 11.3 Å². The summed E-state index contributed by atoms with van der Waals surface area (Å²) in [7, 11) is 0. The summed E-state index contributed by atoms with van der Waals surface area (Å²) in [5.41, 5.74) is 4.99. The summed E-state index contributed by atoms with van der Waals surface area (Å²) in [5, 5.41) is 0. The molecule has 4 atom stereocenters. The van der Waals surface area contributed by atoms with Crippen LogP contribution in [-0.2, 0) is 6.42 Å². The van der Waals surface area contributed by atoms with Crippen molar-refractivity contribution in [3.8, 4) is 0 Å². The number of hydrogen-bond acceptors (Lipinski definition) is 0. The van der Waals surface area contributed by atoms with Gasteiger partial charge in [0.15, 0.2) is 0 Å². The van der Waals surface area contributed by atoms with Crippen LogP contribution in [0.1, 0.15) is 91.7 Å². The Morgan fingerprint density at radius 1 is 1.07 bits per heavy atom. The normalized spacial score (nSPS) is 21.5. The highest BCUT2D eigenvalue weighted by Crippen LogP contribution is 2.47. The second-order valence-corrected chi connectivity index (χ2v) is 11.6. The van der Waals surface area contributed by atoms with Crippen LogP contribution < -0.4 is 0 Å². The van der Waals surface area contributed by atoms with Crippen molar-refractivity contribution in [2.24, 2.45) is 34.5 Å². The van der Waals surface area contributed by atoms with E-state index in [1.807, 2.05) is 0 Å². The maximum absolute atomic E-state index is 4.46. The molecule has 0 bridgehead atoms. The van der Waals surface area contributed by atoms with Crippen molar-refractivity contribution >= 4 is 0 Å². The van der Waals surface area contributed by atoms with Crippen LogP contribution in [0.5, 0.6) is 0 Å². The van der Waals surface area contributed by atoms with E-state index in [1.54, 1.807) is 0 Å². The van der Waals surface area contributed by atoms with Gasteiger partial charge < -0.3 is 0 Å². The molecule has 1 aromatic rings. The molecule has 0 saturated heterocycles. The van der Waals surface area contributed by atoms with Crippen molar-refractivity contribution in [1.82, 2.24) is 0 Å². The first-order chi connectivity index (χ1) is 13.9. The van der Waals surface area contributed by atoms with Gasteiger partial charge in [-0.2, -0.15) is 0 Å². The summed E-state index contributed by atoms with van der Waals surface area (Å²) in [5.74, 6) is 3.16.